The van der Waals surface area contributed by atoms with Crippen LogP contribution in [0.25, 0.3) is 0 Å². The van der Waals surface area contributed by atoms with Crippen LogP contribution in [0.1, 0.15) is 19.4 Å². The van der Waals surface area contributed by atoms with Crippen molar-refractivity contribution in [2.24, 2.45) is 5.92 Å². The summed E-state index contributed by atoms with van der Waals surface area (Å²) in [6, 6.07) is 7.75. The molecule has 0 aliphatic rings. The average Bonchev–Trinajstić information content (AvgIpc) is 2.94. The van der Waals surface area contributed by atoms with Gasteiger partial charge < -0.3 is 4.74 Å². The van der Waals surface area contributed by atoms with Crippen molar-refractivity contribution in [2.75, 3.05) is 20.7 Å². The molecule has 23 heavy (non-hydrogen) atoms. The van der Waals surface area contributed by atoms with Gasteiger partial charge in [-0.1, -0.05) is 26.0 Å². The summed E-state index contributed by atoms with van der Waals surface area (Å²) in [6.07, 6.45) is 2.91. The van der Waals surface area contributed by atoms with E-state index >= 15 is 0 Å². The van der Waals surface area contributed by atoms with E-state index in [9.17, 15) is 8.42 Å². The molecule has 0 amide bonds. The second-order valence-corrected chi connectivity index (χ2v) is 8.17. The molecule has 2 rings (SSSR count). The van der Waals surface area contributed by atoms with Crippen LogP contribution in [0, 0.1) is 5.92 Å². The monoisotopic (exact) mass is 337 g/mol. The fourth-order valence-corrected chi connectivity index (χ4v) is 2.82. The average molecular weight is 337 g/mol. The standard InChI is InChI=1S/C16H23N3O3S/c1-13(2)12-22-15-7-5-6-14(8-15)10-19-11-16(9-17-19)23(20,21)18(3)4/h5-9,11,13H,10,12H2,1-4H3. The minimum atomic E-state index is -3.45. The van der Waals surface area contributed by atoms with Crippen molar-refractivity contribution >= 4 is 10.0 Å². The lowest BCUT2D eigenvalue weighted by atomic mass is 10.2. The highest BCUT2D eigenvalue weighted by Crippen LogP contribution is 2.17. The number of hydrogen-bond donors (Lipinski definition) is 0. The molecular weight excluding hydrogens is 314 g/mol. The zero-order valence-electron chi connectivity index (χ0n) is 13.9. The molecule has 0 N–H and O–H groups in total. The molecule has 0 unspecified atom stereocenters. The summed E-state index contributed by atoms with van der Waals surface area (Å²) in [5.41, 5.74) is 1.00. The largest absolute Gasteiger partial charge is 0.493 e. The first-order valence-corrected chi connectivity index (χ1v) is 8.90. The van der Waals surface area contributed by atoms with Gasteiger partial charge in [-0.15, -0.1) is 0 Å². The first-order valence-electron chi connectivity index (χ1n) is 7.46. The molecule has 0 bridgehead atoms. The van der Waals surface area contributed by atoms with Gasteiger partial charge in [0.1, 0.15) is 10.6 Å². The molecule has 0 atom stereocenters. The molecule has 126 valence electrons. The van der Waals surface area contributed by atoms with E-state index < -0.39 is 10.0 Å². The van der Waals surface area contributed by atoms with Crippen LogP contribution in [0.15, 0.2) is 41.6 Å². The summed E-state index contributed by atoms with van der Waals surface area (Å²) in [5, 5.41) is 4.13. The van der Waals surface area contributed by atoms with Crippen molar-refractivity contribution in [3.8, 4) is 5.75 Å². The molecule has 0 spiro atoms. The molecule has 0 saturated carbocycles. The maximum absolute atomic E-state index is 12.1. The third-order valence-corrected chi connectivity index (χ3v) is 4.98. The lowest BCUT2D eigenvalue weighted by molar-refractivity contribution is 0.271. The van der Waals surface area contributed by atoms with E-state index in [1.807, 2.05) is 24.3 Å². The SMILES string of the molecule is CC(C)COc1cccc(Cn2cc(S(=O)(=O)N(C)C)cn2)c1. The van der Waals surface area contributed by atoms with Crippen LogP contribution in [0.3, 0.4) is 0 Å². The molecule has 0 fully saturated rings. The van der Waals surface area contributed by atoms with Gasteiger partial charge in [0.25, 0.3) is 0 Å². The third kappa shape index (κ3) is 4.56. The maximum Gasteiger partial charge on any atom is 0.245 e. The van der Waals surface area contributed by atoms with Crippen molar-refractivity contribution in [1.29, 1.82) is 0 Å². The van der Waals surface area contributed by atoms with Crippen molar-refractivity contribution in [2.45, 2.75) is 25.3 Å². The highest BCUT2D eigenvalue weighted by Gasteiger charge is 2.19. The Morgan fingerprint density at radius 1 is 1.30 bits per heavy atom. The molecule has 0 saturated heterocycles. The number of hydrogen-bond acceptors (Lipinski definition) is 4. The van der Waals surface area contributed by atoms with E-state index in [0.717, 1.165) is 11.3 Å². The first kappa shape index (κ1) is 17.5. The van der Waals surface area contributed by atoms with Gasteiger partial charge in [0.15, 0.2) is 0 Å². The first-order chi connectivity index (χ1) is 10.8. The van der Waals surface area contributed by atoms with Crippen LogP contribution in [-0.4, -0.2) is 43.2 Å². The van der Waals surface area contributed by atoms with Crippen LogP contribution in [-0.2, 0) is 16.6 Å². The highest BCUT2D eigenvalue weighted by atomic mass is 32.2. The second-order valence-electron chi connectivity index (χ2n) is 6.01. The molecule has 1 aromatic heterocycles. The molecule has 1 aromatic carbocycles. The third-order valence-electron chi connectivity index (χ3n) is 3.21. The molecule has 0 radical (unpaired) electrons. The summed E-state index contributed by atoms with van der Waals surface area (Å²) in [5.74, 6) is 1.27. The predicted octanol–water partition coefficient (Wildman–Crippen LogP) is 2.22. The Balaban J connectivity index is 2.11. The Labute approximate surface area is 137 Å². The number of aromatic nitrogens is 2. The van der Waals surface area contributed by atoms with Crippen LogP contribution in [0.4, 0.5) is 0 Å². The number of benzene rings is 1. The topological polar surface area (TPSA) is 64.4 Å². The predicted molar refractivity (Wildman–Crippen MR) is 89.0 cm³/mol. The smallest absolute Gasteiger partial charge is 0.245 e. The van der Waals surface area contributed by atoms with Gasteiger partial charge in [-0.2, -0.15) is 5.10 Å². The molecule has 7 heteroatoms. The number of sulfonamides is 1. The Hall–Kier alpha value is -1.86. The number of ether oxygens (including phenoxy) is 1. The van der Waals surface area contributed by atoms with E-state index in [2.05, 4.69) is 18.9 Å². The van der Waals surface area contributed by atoms with E-state index in [1.165, 1.54) is 30.8 Å². The Bertz CT molecular complexity index is 751. The van der Waals surface area contributed by atoms with Gasteiger partial charge in [0.05, 0.1) is 19.3 Å². The molecule has 0 aliphatic carbocycles. The molecule has 0 aliphatic heterocycles. The minimum Gasteiger partial charge on any atom is -0.493 e. The zero-order chi connectivity index (χ0) is 17.0. The van der Waals surface area contributed by atoms with Crippen molar-refractivity contribution in [3.63, 3.8) is 0 Å². The van der Waals surface area contributed by atoms with Crippen LogP contribution < -0.4 is 4.74 Å². The molecule has 2 aromatic rings. The fraction of sp³-hybridized carbons (Fsp3) is 0.438. The van der Waals surface area contributed by atoms with Crippen molar-refractivity contribution in [1.82, 2.24) is 14.1 Å². The van der Waals surface area contributed by atoms with E-state index in [4.69, 9.17) is 4.74 Å². The Morgan fingerprint density at radius 3 is 2.70 bits per heavy atom. The van der Waals surface area contributed by atoms with Crippen molar-refractivity contribution in [3.05, 3.63) is 42.2 Å². The minimum absolute atomic E-state index is 0.190. The van der Waals surface area contributed by atoms with Crippen molar-refractivity contribution < 1.29 is 13.2 Å². The van der Waals surface area contributed by atoms with Crippen LogP contribution in [0.5, 0.6) is 5.75 Å². The zero-order valence-corrected chi connectivity index (χ0v) is 14.7. The van der Waals surface area contributed by atoms with E-state index in [1.54, 1.807) is 4.68 Å². The Morgan fingerprint density at radius 2 is 2.04 bits per heavy atom. The normalized spacial score (nSPS) is 12.1. The lowest BCUT2D eigenvalue weighted by Gasteiger charge is -2.10. The maximum atomic E-state index is 12.1. The fourth-order valence-electron chi connectivity index (χ4n) is 1.96. The summed E-state index contributed by atoms with van der Waals surface area (Å²) in [7, 11) is -0.445. The summed E-state index contributed by atoms with van der Waals surface area (Å²) >= 11 is 0. The highest BCUT2D eigenvalue weighted by molar-refractivity contribution is 7.89. The van der Waals surface area contributed by atoms with Gasteiger partial charge in [-0.05, 0) is 23.6 Å². The summed E-state index contributed by atoms with van der Waals surface area (Å²) < 4.78 is 32.6. The van der Waals surface area contributed by atoms with E-state index in [0.29, 0.717) is 19.1 Å². The number of rotatable bonds is 7. The molecular formula is C16H23N3O3S. The van der Waals surface area contributed by atoms with Gasteiger partial charge >= 0.3 is 0 Å². The Kier molecular flexibility index (Phi) is 5.43. The van der Waals surface area contributed by atoms with E-state index in [-0.39, 0.29) is 4.90 Å². The quantitative estimate of drug-likeness (QED) is 0.777. The van der Waals surface area contributed by atoms with Gasteiger partial charge in [-0.3, -0.25) is 4.68 Å². The van der Waals surface area contributed by atoms with Gasteiger partial charge in [-0.25, -0.2) is 12.7 Å². The van der Waals surface area contributed by atoms with Crippen LogP contribution in [0.2, 0.25) is 0 Å². The lowest BCUT2D eigenvalue weighted by Crippen LogP contribution is -2.21. The van der Waals surface area contributed by atoms with Gasteiger partial charge in [0.2, 0.25) is 10.0 Å². The van der Waals surface area contributed by atoms with Crippen LogP contribution >= 0.6 is 0 Å². The molecule has 1 heterocycles. The summed E-state index contributed by atoms with van der Waals surface area (Å²) in [4.78, 5) is 0.190. The summed E-state index contributed by atoms with van der Waals surface area (Å²) in [6.45, 7) is 5.35. The second kappa shape index (κ2) is 7.14. The van der Waals surface area contributed by atoms with Gasteiger partial charge in [0, 0.05) is 20.3 Å². The number of nitrogens with zero attached hydrogens (tertiary/aromatic N) is 3. The molecule has 6 nitrogen and oxygen atoms in total.